The molecule has 2 fully saturated rings. The van der Waals surface area contributed by atoms with E-state index in [-0.39, 0.29) is 23.3 Å². The monoisotopic (exact) mass is 271 g/mol. The van der Waals surface area contributed by atoms with Gasteiger partial charge in [-0.1, -0.05) is 36.2 Å². The van der Waals surface area contributed by atoms with Crippen LogP contribution < -0.4 is 5.43 Å². The van der Waals surface area contributed by atoms with Gasteiger partial charge < -0.3 is 5.21 Å². The highest BCUT2D eigenvalue weighted by molar-refractivity contribution is 6.71. The molecular formula is C15H17N3O2. The molecule has 20 heavy (non-hydrogen) atoms. The Morgan fingerprint density at radius 1 is 1.10 bits per heavy atom. The second-order valence-corrected chi connectivity index (χ2v) is 5.29. The Morgan fingerprint density at radius 3 is 2.50 bits per heavy atom. The number of hydrogen-bond acceptors (Lipinski definition) is 5. The van der Waals surface area contributed by atoms with Crippen molar-refractivity contribution in [1.29, 1.82) is 0 Å². The molecule has 0 radical (unpaired) electrons. The van der Waals surface area contributed by atoms with Gasteiger partial charge in [0.2, 0.25) is 0 Å². The highest BCUT2D eigenvalue weighted by Crippen LogP contribution is 2.37. The number of nitrogens with zero attached hydrogens (tertiary/aromatic N) is 2. The number of carbonyl (C=O) groups excluding carboxylic acids is 1. The summed E-state index contributed by atoms with van der Waals surface area (Å²) in [4.78, 5) is 12.4. The third-order valence-electron chi connectivity index (χ3n) is 4.11. The molecule has 0 aliphatic heterocycles. The van der Waals surface area contributed by atoms with E-state index in [1.807, 2.05) is 30.3 Å². The molecule has 0 aromatic heterocycles. The normalized spacial score (nSPS) is 29.7. The number of carbonyl (C=O) groups is 1. The SMILES string of the molecule is O=C1C(=N/Nc2ccccc2)/C(=N/O)C2CCCCC12. The first-order chi connectivity index (χ1) is 9.81. The molecule has 2 aliphatic carbocycles. The van der Waals surface area contributed by atoms with Crippen molar-refractivity contribution in [2.45, 2.75) is 25.7 Å². The summed E-state index contributed by atoms with van der Waals surface area (Å²) in [7, 11) is 0. The summed E-state index contributed by atoms with van der Waals surface area (Å²) < 4.78 is 0. The average molecular weight is 271 g/mol. The van der Waals surface area contributed by atoms with Crippen molar-refractivity contribution >= 4 is 22.9 Å². The molecule has 2 N–H and O–H groups in total. The second kappa shape index (κ2) is 5.45. The van der Waals surface area contributed by atoms with E-state index < -0.39 is 0 Å². The lowest BCUT2D eigenvalue weighted by atomic mass is 9.81. The molecule has 0 saturated heterocycles. The molecule has 1 aromatic carbocycles. The van der Waals surface area contributed by atoms with Gasteiger partial charge in [0.25, 0.3) is 0 Å². The topological polar surface area (TPSA) is 74.0 Å². The maximum Gasteiger partial charge on any atom is 0.188 e. The highest BCUT2D eigenvalue weighted by atomic mass is 16.4. The number of Topliss-reactive ketones (excluding diaryl/α,β-unsaturated/α-hetero) is 1. The van der Waals surface area contributed by atoms with Crippen molar-refractivity contribution in [3.05, 3.63) is 30.3 Å². The van der Waals surface area contributed by atoms with Crippen LogP contribution in [0.25, 0.3) is 0 Å². The minimum atomic E-state index is -0.0500. The Kier molecular flexibility index (Phi) is 3.50. The highest BCUT2D eigenvalue weighted by Gasteiger charge is 2.46. The lowest BCUT2D eigenvalue weighted by Crippen LogP contribution is -2.21. The Hall–Kier alpha value is -2.17. The van der Waals surface area contributed by atoms with Gasteiger partial charge in [-0.25, -0.2) is 0 Å². The summed E-state index contributed by atoms with van der Waals surface area (Å²) in [5.41, 5.74) is 4.40. The van der Waals surface area contributed by atoms with Gasteiger partial charge >= 0.3 is 0 Å². The zero-order chi connectivity index (χ0) is 13.9. The quantitative estimate of drug-likeness (QED) is 0.641. The van der Waals surface area contributed by atoms with Crippen molar-refractivity contribution in [2.24, 2.45) is 22.1 Å². The van der Waals surface area contributed by atoms with E-state index in [4.69, 9.17) is 0 Å². The Labute approximate surface area is 117 Å². The molecule has 0 bridgehead atoms. The van der Waals surface area contributed by atoms with Crippen molar-refractivity contribution < 1.29 is 10.0 Å². The fraction of sp³-hybridized carbons (Fsp3) is 0.400. The zero-order valence-electron chi connectivity index (χ0n) is 11.1. The molecule has 2 atom stereocenters. The summed E-state index contributed by atoms with van der Waals surface area (Å²) in [6.07, 6.45) is 3.91. The van der Waals surface area contributed by atoms with Crippen LogP contribution in [-0.2, 0) is 4.79 Å². The first kappa shape index (κ1) is 12.8. The minimum Gasteiger partial charge on any atom is -0.411 e. The van der Waals surface area contributed by atoms with Crippen LogP contribution in [0.3, 0.4) is 0 Å². The first-order valence-corrected chi connectivity index (χ1v) is 6.96. The second-order valence-electron chi connectivity index (χ2n) is 5.29. The third kappa shape index (κ3) is 2.19. The van der Waals surface area contributed by atoms with Gasteiger partial charge in [0, 0.05) is 11.8 Å². The molecule has 1 aromatic rings. The van der Waals surface area contributed by atoms with E-state index in [0.717, 1.165) is 31.4 Å². The molecule has 5 nitrogen and oxygen atoms in total. The molecule has 0 spiro atoms. The summed E-state index contributed by atoms with van der Waals surface area (Å²) >= 11 is 0. The molecule has 5 heteroatoms. The number of para-hydroxylation sites is 1. The summed E-state index contributed by atoms with van der Waals surface area (Å²) in [6.45, 7) is 0. The van der Waals surface area contributed by atoms with Crippen LogP contribution in [0.1, 0.15) is 25.7 Å². The fourth-order valence-corrected chi connectivity index (χ4v) is 3.12. The lowest BCUT2D eigenvalue weighted by molar-refractivity contribution is -0.117. The van der Waals surface area contributed by atoms with E-state index in [2.05, 4.69) is 15.7 Å². The Morgan fingerprint density at radius 2 is 1.80 bits per heavy atom. The van der Waals surface area contributed by atoms with Gasteiger partial charge in [0.15, 0.2) is 11.5 Å². The maximum absolute atomic E-state index is 12.4. The van der Waals surface area contributed by atoms with Gasteiger partial charge in [-0.2, -0.15) is 5.10 Å². The molecule has 2 aliphatic rings. The number of fused-ring (bicyclic) bond motifs is 1. The predicted octanol–water partition coefficient (Wildman–Crippen LogP) is 2.67. The number of hydrazone groups is 1. The molecule has 0 heterocycles. The molecular weight excluding hydrogens is 254 g/mol. The molecule has 3 rings (SSSR count). The average Bonchev–Trinajstić information content (AvgIpc) is 2.78. The Bertz CT molecular complexity index is 566. The van der Waals surface area contributed by atoms with E-state index in [1.165, 1.54) is 0 Å². The van der Waals surface area contributed by atoms with Crippen molar-refractivity contribution in [1.82, 2.24) is 0 Å². The predicted molar refractivity (Wildman–Crippen MR) is 77.2 cm³/mol. The molecule has 2 unspecified atom stereocenters. The largest absolute Gasteiger partial charge is 0.411 e. The van der Waals surface area contributed by atoms with Gasteiger partial charge in [0.05, 0.1) is 5.69 Å². The first-order valence-electron chi connectivity index (χ1n) is 6.96. The fourth-order valence-electron chi connectivity index (χ4n) is 3.12. The van der Waals surface area contributed by atoms with Crippen LogP contribution in [0, 0.1) is 11.8 Å². The standard InChI is InChI=1S/C15H17N3O2/c19-15-12-9-5-4-8-11(12)13(18-20)14(15)17-16-10-6-2-1-3-7-10/h1-3,6-7,11-12,16,20H,4-5,8-9H2/b17-14+,18-13+. The van der Waals surface area contributed by atoms with Gasteiger partial charge in [-0.3, -0.25) is 10.2 Å². The van der Waals surface area contributed by atoms with E-state index in [9.17, 15) is 10.0 Å². The summed E-state index contributed by atoms with van der Waals surface area (Å²) in [6, 6.07) is 9.42. The van der Waals surface area contributed by atoms with Gasteiger partial charge in [-0.05, 0) is 25.0 Å². The number of rotatable bonds is 2. The van der Waals surface area contributed by atoms with Crippen molar-refractivity contribution in [2.75, 3.05) is 5.43 Å². The number of anilines is 1. The van der Waals surface area contributed by atoms with Crippen LogP contribution in [0.15, 0.2) is 40.6 Å². The lowest BCUT2D eigenvalue weighted by Gasteiger charge is -2.22. The molecule has 104 valence electrons. The molecule has 0 amide bonds. The van der Waals surface area contributed by atoms with Crippen LogP contribution in [0.4, 0.5) is 5.69 Å². The summed E-state index contributed by atoms with van der Waals surface area (Å²) in [5.74, 6) is -0.00511. The number of nitrogens with one attached hydrogen (secondary N) is 1. The Balaban J connectivity index is 1.86. The van der Waals surface area contributed by atoms with Gasteiger partial charge in [0.1, 0.15) is 5.71 Å². The third-order valence-corrected chi connectivity index (χ3v) is 4.11. The smallest absolute Gasteiger partial charge is 0.188 e. The maximum atomic E-state index is 12.4. The van der Waals surface area contributed by atoms with Crippen molar-refractivity contribution in [3.8, 4) is 0 Å². The van der Waals surface area contributed by atoms with E-state index >= 15 is 0 Å². The summed E-state index contributed by atoms with van der Waals surface area (Å²) in [5, 5.41) is 16.7. The number of oxime groups is 1. The van der Waals surface area contributed by atoms with Crippen LogP contribution in [0.2, 0.25) is 0 Å². The zero-order valence-corrected chi connectivity index (χ0v) is 11.1. The molecule has 2 saturated carbocycles. The minimum absolute atomic E-state index is 0.00549. The van der Waals surface area contributed by atoms with Crippen molar-refractivity contribution in [3.63, 3.8) is 0 Å². The number of ketones is 1. The van der Waals surface area contributed by atoms with Crippen LogP contribution in [-0.4, -0.2) is 22.4 Å². The van der Waals surface area contributed by atoms with Gasteiger partial charge in [-0.15, -0.1) is 0 Å². The van der Waals surface area contributed by atoms with Crippen LogP contribution in [0.5, 0.6) is 0 Å². The van der Waals surface area contributed by atoms with Crippen LogP contribution >= 0.6 is 0 Å². The number of benzene rings is 1. The van der Waals surface area contributed by atoms with E-state index in [0.29, 0.717) is 5.71 Å². The number of hydrogen-bond donors (Lipinski definition) is 2. The van der Waals surface area contributed by atoms with E-state index in [1.54, 1.807) is 0 Å².